The Kier molecular flexibility index (Phi) is 4.53. The van der Waals surface area contributed by atoms with Crippen LogP contribution >= 0.6 is 0 Å². The highest BCUT2D eigenvalue weighted by atomic mass is 32.2. The molecule has 0 amide bonds. The second kappa shape index (κ2) is 6.18. The molecule has 0 aliphatic carbocycles. The molecular formula is C16H20N2O2S. The Morgan fingerprint density at radius 3 is 2.43 bits per heavy atom. The van der Waals surface area contributed by atoms with Gasteiger partial charge >= 0.3 is 0 Å². The van der Waals surface area contributed by atoms with E-state index in [9.17, 15) is 8.42 Å². The van der Waals surface area contributed by atoms with Gasteiger partial charge in [0.15, 0.2) is 0 Å². The van der Waals surface area contributed by atoms with Gasteiger partial charge in [0.1, 0.15) is 0 Å². The lowest BCUT2D eigenvalue weighted by molar-refractivity contribution is 0.595. The average molecular weight is 304 g/mol. The van der Waals surface area contributed by atoms with Crippen molar-refractivity contribution in [1.29, 1.82) is 0 Å². The minimum atomic E-state index is -3.42. The summed E-state index contributed by atoms with van der Waals surface area (Å²) >= 11 is 0. The van der Waals surface area contributed by atoms with E-state index in [0.717, 1.165) is 11.1 Å². The molecule has 2 rings (SSSR count). The zero-order valence-corrected chi connectivity index (χ0v) is 13.0. The van der Waals surface area contributed by atoms with E-state index in [0.29, 0.717) is 11.4 Å². The third kappa shape index (κ3) is 4.23. The third-order valence-corrected chi connectivity index (χ3v) is 4.88. The summed E-state index contributed by atoms with van der Waals surface area (Å²) in [5.41, 5.74) is 8.80. The van der Waals surface area contributed by atoms with Gasteiger partial charge in [0.25, 0.3) is 0 Å². The standard InChI is InChI=1S/C16H20N2O2S/c1-12-8-9-15(10-16(12)17)18-21(19,20)11-13(2)14-6-4-3-5-7-14/h3-10,13,18H,11,17H2,1-2H3. The molecule has 3 N–H and O–H groups in total. The molecule has 112 valence electrons. The minimum Gasteiger partial charge on any atom is -0.398 e. The van der Waals surface area contributed by atoms with Crippen LogP contribution in [-0.4, -0.2) is 14.2 Å². The number of nitrogen functional groups attached to an aromatic ring is 1. The van der Waals surface area contributed by atoms with Crippen LogP contribution in [0.25, 0.3) is 0 Å². The second-order valence-corrected chi connectivity index (χ2v) is 7.03. The lowest BCUT2D eigenvalue weighted by Crippen LogP contribution is -2.20. The quantitative estimate of drug-likeness (QED) is 0.834. The Labute approximate surface area is 126 Å². The summed E-state index contributed by atoms with van der Waals surface area (Å²) in [6.07, 6.45) is 0. The van der Waals surface area contributed by atoms with Gasteiger partial charge in [-0.1, -0.05) is 43.3 Å². The Hall–Kier alpha value is -2.01. The van der Waals surface area contributed by atoms with Gasteiger partial charge in [-0.05, 0) is 36.1 Å². The molecule has 5 heteroatoms. The first-order valence-corrected chi connectivity index (χ1v) is 8.44. The lowest BCUT2D eigenvalue weighted by Gasteiger charge is -2.14. The average Bonchev–Trinajstić information content (AvgIpc) is 2.43. The van der Waals surface area contributed by atoms with Gasteiger partial charge in [0, 0.05) is 5.69 Å². The van der Waals surface area contributed by atoms with Gasteiger partial charge in [-0.2, -0.15) is 0 Å². The van der Waals surface area contributed by atoms with Gasteiger partial charge in [-0.25, -0.2) is 8.42 Å². The maximum absolute atomic E-state index is 12.2. The van der Waals surface area contributed by atoms with E-state index in [4.69, 9.17) is 5.73 Å². The molecule has 1 atom stereocenters. The van der Waals surface area contributed by atoms with Crippen LogP contribution in [0.2, 0.25) is 0 Å². The number of rotatable bonds is 5. The van der Waals surface area contributed by atoms with Crippen molar-refractivity contribution in [2.75, 3.05) is 16.2 Å². The summed E-state index contributed by atoms with van der Waals surface area (Å²) in [4.78, 5) is 0. The molecule has 2 aromatic rings. The Bertz CT molecular complexity index is 712. The van der Waals surface area contributed by atoms with Crippen molar-refractivity contribution >= 4 is 21.4 Å². The molecule has 0 fully saturated rings. The van der Waals surface area contributed by atoms with E-state index in [1.54, 1.807) is 18.2 Å². The number of anilines is 2. The highest BCUT2D eigenvalue weighted by Crippen LogP contribution is 2.21. The fraction of sp³-hybridized carbons (Fsp3) is 0.250. The predicted octanol–water partition coefficient (Wildman–Crippen LogP) is 3.12. The van der Waals surface area contributed by atoms with E-state index in [1.165, 1.54) is 0 Å². The van der Waals surface area contributed by atoms with Crippen molar-refractivity contribution in [3.05, 3.63) is 59.7 Å². The predicted molar refractivity (Wildman–Crippen MR) is 87.9 cm³/mol. The van der Waals surface area contributed by atoms with Crippen molar-refractivity contribution in [2.24, 2.45) is 0 Å². The summed E-state index contributed by atoms with van der Waals surface area (Å²) in [7, 11) is -3.42. The molecule has 2 aromatic carbocycles. The molecule has 0 bridgehead atoms. The maximum atomic E-state index is 12.2. The molecule has 1 unspecified atom stereocenters. The van der Waals surface area contributed by atoms with Crippen LogP contribution in [0, 0.1) is 6.92 Å². The molecule has 0 radical (unpaired) electrons. The van der Waals surface area contributed by atoms with Crippen molar-refractivity contribution in [2.45, 2.75) is 19.8 Å². The molecule has 0 saturated carbocycles. The first-order chi connectivity index (χ1) is 9.87. The van der Waals surface area contributed by atoms with E-state index in [1.807, 2.05) is 44.2 Å². The topological polar surface area (TPSA) is 72.2 Å². The SMILES string of the molecule is Cc1ccc(NS(=O)(=O)CC(C)c2ccccc2)cc1N. The maximum Gasteiger partial charge on any atom is 0.233 e. The summed E-state index contributed by atoms with van der Waals surface area (Å²) < 4.78 is 27.0. The molecule has 0 aliphatic rings. The molecule has 0 spiro atoms. The number of hydrogen-bond donors (Lipinski definition) is 2. The van der Waals surface area contributed by atoms with Crippen LogP contribution < -0.4 is 10.5 Å². The van der Waals surface area contributed by atoms with Gasteiger partial charge in [0.2, 0.25) is 10.0 Å². The Morgan fingerprint density at radius 2 is 1.81 bits per heavy atom. The zero-order chi connectivity index (χ0) is 15.5. The minimum absolute atomic E-state index is 0.0325. The largest absolute Gasteiger partial charge is 0.398 e. The molecule has 0 aliphatic heterocycles. The highest BCUT2D eigenvalue weighted by molar-refractivity contribution is 7.92. The van der Waals surface area contributed by atoms with Gasteiger partial charge in [-0.3, -0.25) is 4.72 Å². The number of nitrogens with two attached hydrogens (primary N) is 1. The van der Waals surface area contributed by atoms with Crippen LogP contribution in [0.3, 0.4) is 0 Å². The molecular weight excluding hydrogens is 284 g/mol. The Morgan fingerprint density at radius 1 is 1.14 bits per heavy atom. The normalized spacial score (nSPS) is 12.9. The van der Waals surface area contributed by atoms with Gasteiger partial charge in [0.05, 0.1) is 11.4 Å². The number of hydrogen-bond acceptors (Lipinski definition) is 3. The summed E-state index contributed by atoms with van der Waals surface area (Å²) in [6, 6.07) is 14.8. The molecule has 21 heavy (non-hydrogen) atoms. The monoisotopic (exact) mass is 304 g/mol. The summed E-state index contributed by atoms with van der Waals surface area (Å²) in [5, 5.41) is 0. The van der Waals surface area contributed by atoms with E-state index >= 15 is 0 Å². The first-order valence-electron chi connectivity index (χ1n) is 6.79. The second-order valence-electron chi connectivity index (χ2n) is 5.27. The summed E-state index contributed by atoms with van der Waals surface area (Å²) in [5.74, 6) is -0.0448. The smallest absolute Gasteiger partial charge is 0.233 e. The van der Waals surface area contributed by atoms with Crippen molar-refractivity contribution < 1.29 is 8.42 Å². The Balaban J connectivity index is 2.10. The number of aryl methyl sites for hydroxylation is 1. The van der Waals surface area contributed by atoms with Crippen LogP contribution in [0.5, 0.6) is 0 Å². The van der Waals surface area contributed by atoms with Crippen LogP contribution in [0.15, 0.2) is 48.5 Å². The molecule has 0 saturated heterocycles. The van der Waals surface area contributed by atoms with Crippen LogP contribution in [0.4, 0.5) is 11.4 Å². The van der Waals surface area contributed by atoms with Crippen LogP contribution in [0.1, 0.15) is 24.0 Å². The lowest BCUT2D eigenvalue weighted by atomic mass is 10.0. The fourth-order valence-electron chi connectivity index (χ4n) is 2.13. The number of nitrogens with one attached hydrogen (secondary N) is 1. The van der Waals surface area contributed by atoms with Crippen molar-refractivity contribution in [1.82, 2.24) is 0 Å². The van der Waals surface area contributed by atoms with E-state index in [-0.39, 0.29) is 11.7 Å². The van der Waals surface area contributed by atoms with Gasteiger partial charge < -0.3 is 5.73 Å². The number of benzene rings is 2. The van der Waals surface area contributed by atoms with Crippen molar-refractivity contribution in [3.8, 4) is 0 Å². The zero-order valence-electron chi connectivity index (χ0n) is 12.2. The van der Waals surface area contributed by atoms with Crippen molar-refractivity contribution in [3.63, 3.8) is 0 Å². The molecule has 0 heterocycles. The van der Waals surface area contributed by atoms with Gasteiger partial charge in [-0.15, -0.1) is 0 Å². The molecule has 0 aromatic heterocycles. The summed E-state index contributed by atoms with van der Waals surface area (Å²) in [6.45, 7) is 3.78. The van der Waals surface area contributed by atoms with E-state index < -0.39 is 10.0 Å². The third-order valence-electron chi connectivity index (χ3n) is 3.39. The molecule has 4 nitrogen and oxygen atoms in total. The fourth-order valence-corrected chi connectivity index (χ4v) is 3.55. The highest BCUT2D eigenvalue weighted by Gasteiger charge is 2.17. The van der Waals surface area contributed by atoms with E-state index in [2.05, 4.69) is 4.72 Å². The van der Waals surface area contributed by atoms with Crippen LogP contribution in [-0.2, 0) is 10.0 Å². The first kappa shape index (κ1) is 15.4. The number of sulfonamides is 1.